The van der Waals surface area contributed by atoms with E-state index < -0.39 is 0 Å². The molecule has 0 aliphatic carbocycles. The van der Waals surface area contributed by atoms with Gasteiger partial charge in [-0.25, -0.2) is 0 Å². The summed E-state index contributed by atoms with van der Waals surface area (Å²) in [7, 11) is 0. The van der Waals surface area contributed by atoms with E-state index in [1.54, 1.807) is 0 Å². The Labute approximate surface area is 101 Å². The topological polar surface area (TPSA) is 18.5 Å². The number of hydrogen-bond donors (Lipinski definition) is 0. The van der Waals surface area contributed by atoms with Crippen LogP contribution in [0, 0.1) is 11.8 Å². The third-order valence-corrected chi connectivity index (χ3v) is 2.21. The van der Waals surface area contributed by atoms with E-state index in [1.807, 2.05) is 13.8 Å². The predicted molar refractivity (Wildman–Crippen MR) is 68.5 cm³/mol. The number of rotatable bonds is 10. The zero-order valence-corrected chi connectivity index (χ0v) is 10.9. The van der Waals surface area contributed by atoms with Crippen molar-refractivity contribution in [2.24, 2.45) is 0 Å². The van der Waals surface area contributed by atoms with Crippen molar-refractivity contribution in [2.75, 3.05) is 26.4 Å². The highest BCUT2D eigenvalue weighted by atomic mass is 16.5. The highest BCUT2D eigenvalue weighted by Crippen LogP contribution is 1.97. The van der Waals surface area contributed by atoms with E-state index in [4.69, 9.17) is 9.47 Å². The predicted octanol–water partition coefficient (Wildman–Crippen LogP) is 3.40. The van der Waals surface area contributed by atoms with Gasteiger partial charge in [-0.3, -0.25) is 0 Å². The van der Waals surface area contributed by atoms with Gasteiger partial charge >= 0.3 is 0 Å². The minimum absolute atomic E-state index is 0.825. The van der Waals surface area contributed by atoms with Crippen molar-refractivity contribution in [2.45, 2.75) is 52.4 Å². The maximum absolute atomic E-state index is 5.25. The Morgan fingerprint density at radius 1 is 0.688 bits per heavy atom. The summed E-state index contributed by atoms with van der Waals surface area (Å²) >= 11 is 0. The van der Waals surface area contributed by atoms with Crippen LogP contribution in [0.15, 0.2) is 0 Å². The lowest BCUT2D eigenvalue weighted by Gasteiger charge is -1.98. The second-order valence-corrected chi connectivity index (χ2v) is 3.66. The minimum Gasteiger partial charge on any atom is -0.382 e. The third kappa shape index (κ3) is 13.5. The van der Waals surface area contributed by atoms with Crippen molar-refractivity contribution < 1.29 is 9.47 Å². The smallest absolute Gasteiger partial charge is 0.0466 e. The van der Waals surface area contributed by atoms with Crippen LogP contribution >= 0.6 is 0 Å². The van der Waals surface area contributed by atoms with Gasteiger partial charge in [-0.15, -0.1) is 11.8 Å². The van der Waals surface area contributed by atoms with Gasteiger partial charge in [0.15, 0.2) is 0 Å². The highest BCUT2D eigenvalue weighted by molar-refractivity contribution is 4.98. The summed E-state index contributed by atoms with van der Waals surface area (Å²) in [5, 5.41) is 0. The molecule has 0 N–H and O–H groups in total. The van der Waals surface area contributed by atoms with E-state index in [1.165, 1.54) is 0 Å². The van der Waals surface area contributed by atoms with E-state index in [-0.39, 0.29) is 0 Å². The monoisotopic (exact) mass is 226 g/mol. The van der Waals surface area contributed by atoms with E-state index in [9.17, 15) is 0 Å². The van der Waals surface area contributed by atoms with Crippen LogP contribution < -0.4 is 0 Å². The Morgan fingerprint density at radius 2 is 1.12 bits per heavy atom. The van der Waals surface area contributed by atoms with Crippen molar-refractivity contribution in [3.05, 3.63) is 0 Å². The summed E-state index contributed by atoms with van der Waals surface area (Å²) in [6, 6.07) is 0. The molecule has 0 saturated carbocycles. The normalized spacial score (nSPS) is 9.88. The molecule has 0 aliphatic rings. The van der Waals surface area contributed by atoms with Crippen LogP contribution in [0.25, 0.3) is 0 Å². The van der Waals surface area contributed by atoms with E-state index >= 15 is 0 Å². The zero-order valence-electron chi connectivity index (χ0n) is 10.9. The summed E-state index contributed by atoms with van der Waals surface area (Å²) in [5.41, 5.74) is 0. The Hall–Kier alpha value is -0.520. The summed E-state index contributed by atoms with van der Waals surface area (Å²) in [6.45, 7) is 7.47. The fraction of sp³-hybridized carbons (Fsp3) is 0.857. The van der Waals surface area contributed by atoms with Gasteiger partial charge < -0.3 is 9.47 Å². The van der Waals surface area contributed by atoms with Gasteiger partial charge in [0, 0.05) is 39.3 Å². The molecule has 0 aromatic rings. The van der Waals surface area contributed by atoms with Crippen LogP contribution in [0.1, 0.15) is 52.4 Å². The van der Waals surface area contributed by atoms with Crippen LogP contribution in [0.5, 0.6) is 0 Å². The Kier molecular flexibility index (Phi) is 14.0. The molecule has 0 amide bonds. The molecule has 0 fully saturated rings. The molecule has 2 heteroatoms. The fourth-order valence-corrected chi connectivity index (χ4v) is 1.30. The standard InChI is InChI=1S/C14H26O2/c1-3-15-13-11-9-7-5-6-8-10-12-14-16-4-2/h3-4,7-14H2,1-2H3. The molecule has 2 nitrogen and oxygen atoms in total. The molecule has 0 bridgehead atoms. The lowest BCUT2D eigenvalue weighted by Crippen LogP contribution is -1.92. The van der Waals surface area contributed by atoms with Gasteiger partial charge in [0.1, 0.15) is 0 Å². The minimum atomic E-state index is 0.825. The second kappa shape index (κ2) is 14.5. The Morgan fingerprint density at radius 3 is 1.50 bits per heavy atom. The number of unbranched alkanes of at least 4 members (excludes halogenated alkanes) is 4. The molecular weight excluding hydrogens is 200 g/mol. The largest absolute Gasteiger partial charge is 0.382 e. The quantitative estimate of drug-likeness (QED) is 0.420. The molecule has 0 radical (unpaired) electrons. The second-order valence-electron chi connectivity index (χ2n) is 3.66. The molecule has 0 saturated heterocycles. The third-order valence-electron chi connectivity index (χ3n) is 2.21. The first-order valence-corrected chi connectivity index (χ1v) is 6.53. The van der Waals surface area contributed by atoms with Crippen LogP contribution in [0.2, 0.25) is 0 Å². The van der Waals surface area contributed by atoms with Crippen molar-refractivity contribution in [1.29, 1.82) is 0 Å². The van der Waals surface area contributed by atoms with Gasteiger partial charge in [0.05, 0.1) is 0 Å². The maximum Gasteiger partial charge on any atom is 0.0466 e. The molecule has 94 valence electrons. The molecule has 0 aromatic heterocycles. The van der Waals surface area contributed by atoms with Crippen LogP contribution in [-0.4, -0.2) is 26.4 Å². The van der Waals surface area contributed by atoms with E-state index in [2.05, 4.69) is 11.8 Å². The molecule has 0 heterocycles. The maximum atomic E-state index is 5.25. The lowest BCUT2D eigenvalue weighted by molar-refractivity contribution is 0.143. The average Bonchev–Trinajstić information content (AvgIpc) is 2.31. The molecule has 0 rings (SSSR count). The summed E-state index contributed by atoms with van der Waals surface area (Å²) < 4.78 is 10.5. The first kappa shape index (κ1) is 15.5. The summed E-state index contributed by atoms with van der Waals surface area (Å²) in [4.78, 5) is 0. The molecule has 0 spiro atoms. The van der Waals surface area contributed by atoms with Crippen LogP contribution in [-0.2, 0) is 9.47 Å². The molecule has 0 aliphatic heterocycles. The van der Waals surface area contributed by atoms with Crippen molar-refractivity contribution in [3.63, 3.8) is 0 Å². The molecular formula is C14H26O2. The highest BCUT2D eigenvalue weighted by Gasteiger charge is 1.87. The zero-order chi connectivity index (χ0) is 11.9. The number of hydrogen-bond acceptors (Lipinski definition) is 2. The van der Waals surface area contributed by atoms with Crippen molar-refractivity contribution in [1.82, 2.24) is 0 Å². The van der Waals surface area contributed by atoms with Gasteiger partial charge in [0.25, 0.3) is 0 Å². The molecule has 0 aromatic carbocycles. The summed E-state index contributed by atoms with van der Waals surface area (Å²) in [5.74, 6) is 6.41. The SMILES string of the molecule is CCOCCCCC#CCCCCOCC. The van der Waals surface area contributed by atoms with Gasteiger partial charge in [-0.05, 0) is 39.5 Å². The average molecular weight is 226 g/mol. The van der Waals surface area contributed by atoms with Gasteiger partial charge in [0.2, 0.25) is 0 Å². The van der Waals surface area contributed by atoms with Gasteiger partial charge in [-0.1, -0.05) is 0 Å². The van der Waals surface area contributed by atoms with Crippen molar-refractivity contribution in [3.8, 4) is 11.8 Å². The van der Waals surface area contributed by atoms with Crippen LogP contribution in [0.4, 0.5) is 0 Å². The first-order valence-electron chi connectivity index (χ1n) is 6.53. The fourth-order valence-electron chi connectivity index (χ4n) is 1.30. The van der Waals surface area contributed by atoms with Crippen LogP contribution in [0.3, 0.4) is 0 Å². The van der Waals surface area contributed by atoms with E-state index in [0.29, 0.717) is 0 Å². The first-order chi connectivity index (χ1) is 7.91. The molecule has 16 heavy (non-hydrogen) atoms. The Balaban J connectivity index is 3.04. The van der Waals surface area contributed by atoms with Gasteiger partial charge in [-0.2, -0.15) is 0 Å². The van der Waals surface area contributed by atoms with E-state index in [0.717, 1.165) is 65.0 Å². The number of ether oxygens (including phenoxy) is 2. The summed E-state index contributed by atoms with van der Waals surface area (Å²) in [6.07, 6.45) is 6.61. The van der Waals surface area contributed by atoms with Crippen molar-refractivity contribution >= 4 is 0 Å². The lowest BCUT2D eigenvalue weighted by atomic mass is 10.2. The Bertz CT molecular complexity index is 161. The molecule has 0 unspecified atom stereocenters. The molecule has 0 atom stereocenters.